The fourth-order valence-corrected chi connectivity index (χ4v) is 3.88. The predicted molar refractivity (Wildman–Crippen MR) is 78.2 cm³/mol. The van der Waals surface area contributed by atoms with Crippen molar-refractivity contribution in [1.29, 1.82) is 0 Å². The third kappa shape index (κ3) is 2.98. The van der Waals surface area contributed by atoms with Gasteiger partial charge in [0.25, 0.3) is 0 Å². The van der Waals surface area contributed by atoms with Gasteiger partial charge in [-0.15, -0.1) is 0 Å². The second kappa shape index (κ2) is 6.02. The Kier molecular flexibility index (Phi) is 4.14. The monoisotopic (exact) mass is 259 g/mol. The van der Waals surface area contributed by atoms with Crippen LogP contribution in [0.25, 0.3) is 0 Å². The Morgan fingerprint density at radius 1 is 1.32 bits per heavy atom. The predicted octanol–water partition coefficient (Wildman–Crippen LogP) is 2.23. The second-order valence-corrected chi connectivity index (χ2v) is 6.04. The Hall–Kier alpha value is -0.930. The first-order chi connectivity index (χ1) is 9.36. The molecule has 104 valence electrons. The Labute approximate surface area is 116 Å². The molecule has 2 fully saturated rings. The zero-order chi connectivity index (χ0) is 13.1. The third-order valence-electron chi connectivity index (χ3n) is 4.92. The molecule has 2 saturated heterocycles. The first kappa shape index (κ1) is 13.1. The van der Waals surface area contributed by atoms with Crippen LogP contribution in [0.2, 0.25) is 0 Å². The van der Waals surface area contributed by atoms with Crippen LogP contribution in [-0.2, 0) is 6.42 Å². The van der Waals surface area contributed by atoms with Gasteiger partial charge in [0.2, 0.25) is 0 Å². The zero-order valence-electron chi connectivity index (χ0n) is 11.9. The third-order valence-corrected chi connectivity index (χ3v) is 4.92. The van der Waals surface area contributed by atoms with Crippen LogP contribution in [0, 0.1) is 0 Å². The molecule has 2 aliphatic rings. The van der Waals surface area contributed by atoms with Gasteiger partial charge in [0, 0.05) is 37.1 Å². The van der Waals surface area contributed by atoms with E-state index in [4.69, 9.17) is 0 Å². The number of aromatic nitrogens is 1. The molecular formula is C16H25N3. The summed E-state index contributed by atoms with van der Waals surface area (Å²) in [6, 6.07) is 6.60. The van der Waals surface area contributed by atoms with Crippen molar-refractivity contribution in [3.63, 3.8) is 0 Å². The molecule has 1 aromatic rings. The summed E-state index contributed by atoms with van der Waals surface area (Å²) in [6.07, 6.45) is 11.9. The first-order valence-corrected chi connectivity index (χ1v) is 7.68. The average Bonchev–Trinajstić information content (AvgIpc) is 2.45. The molecule has 0 amide bonds. The molecule has 3 heterocycles. The van der Waals surface area contributed by atoms with Crippen LogP contribution in [0.1, 0.15) is 37.7 Å². The molecule has 3 rings (SSSR count). The zero-order valence-corrected chi connectivity index (χ0v) is 11.9. The number of pyridine rings is 1. The first-order valence-electron chi connectivity index (χ1n) is 7.68. The summed E-state index contributed by atoms with van der Waals surface area (Å²) in [7, 11) is 2.12. The van der Waals surface area contributed by atoms with Crippen molar-refractivity contribution in [1.82, 2.24) is 15.2 Å². The minimum Gasteiger partial charge on any atom is -0.317 e. The number of nitrogens with one attached hydrogen (secondary N) is 1. The van der Waals surface area contributed by atoms with E-state index >= 15 is 0 Å². The molecule has 3 nitrogen and oxygen atoms in total. The smallest absolute Gasteiger partial charge is 0.0300 e. The summed E-state index contributed by atoms with van der Waals surface area (Å²) in [5.74, 6) is 0. The van der Waals surface area contributed by atoms with Gasteiger partial charge in [0.15, 0.2) is 0 Å². The highest BCUT2D eigenvalue weighted by molar-refractivity contribution is 5.09. The number of fused-ring (bicyclic) bond motifs is 2. The Bertz CT molecular complexity index is 378. The lowest BCUT2D eigenvalue weighted by Crippen LogP contribution is -2.56. The lowest BCUT2D eigenvalue weighted by molar-refractivity contribution is 0.0270. The van der Waals surface area contributed by atoms with Gasteiger partial charge in [0.1, 0.15) is 0 Å². The lowest BCUT2D eigenvalue weighted by Gasteiger charge is -2.49. The van der Waals surface area contributed by atoms with Crippen molar-refractivity contribution in [3.8, 4) is 0 Å². The maximum atomic E-state index is 4.22. The standard InChI is InChI=1S/C16H25N3/c1-17-14-10-15-5-2-6-16(11-14)19(15)9-7-13-4-3-8-18-12-13/h3-4,8,12,14-17H,2,5-7,9-11H2,1H3. The molecule has 1 aromatic heterocycles. The van der Waals surface area contributed by atoms with Crippen molar-refractivity contribution in [2.45, 2.75) is 56.7 Å². The fourth-order valence-electron chi connectivity index (χ4n) is 3.88. The highest BCUT2D eigenvalue weighted by atomic mass is 15.2. The van der Waals surface area contributed by atoms with Crippen LogP contribution >= 0.6 is 0 Å². The quantitative estimate of drug-likeness (QED) is 0.899. The molecule has 2 atom stereocenters. The van der Waals surface area contributed by atoms with E-state index in [9.17, 15) is 0 Å². The largest absolute Gasteiger partial charge is 0.317 e. The molecule has 1 N–H and O–H groups in total. The molecule has 0 radical (unpaired) electrons. The van der Waals surface area contributed by atoms with E-state index < -0.39 is 0 Å². The highest BCUT2D eigenvalue weighted by Gasteiger charge is 2.37. The minimum atomic E-state index is 0.741. The molecule has 2 aliphatic heterocycles. The van der Waals surface area contributed by atoms with Gasteiger partial charge in [-0.25, -0.2) is 0 Å². The van der Waals surface area contributed by atoms with E-state index in [-0.39, 0.29) is 0 Å². The summed E-state index contributed by atoms with van der Waals surface area (Å²) in [4.78, 5) is 7.00. The topological polar surface area (TPSA) is 28.2 Å². The normalized spacial score (nSPS) is 31.3. The van der Waals surface area contributed by atoms with Gasteiger partial charge in [-0.05, 0) is 50.8 Å². The van der Waals surface area contributed by atoms with Gasteiger partial charge < -0.3 is 5.32 Å². The van der Waals surface area contributed by atoms with E-state index in [1.807, 2.05) is 18.5 Å². The number of piperidine rings is 2. The van der Waals surface area contributed by atoms with Crippen LogP contribution in [0.15, 0.2) is 24.5 Å². The van der Waals surface area contributed by atoms with Crippen molar-refractivity contribution in [3.05, 3.63) is 30.1 Å². The number of rotatable bonds is 4. The molecule has 19 heavy (non-hydrogen) atoms. The number of hydrogen-bond acceptors (Lipinski definition) is 3. The maximum absolute atomic E-state index is 4.22. The molecule has 3 heteroatoms. The van der Waals surface area contributed by atoms with E-state index in [1.54, 1.807) is 0 Å². The van der Waals surface area contributed by atoms with Gasteiger partial charge >= 0.3 is 0 Å². The van der Waals surface area contributed by atoms with E-state index in [1.165, 1.54) is 44.2 Å². The van der Waals surface area contributed by atoms with Crippen molar-refractivity contribution >= 4 is 0 Å². The molecule has 0 spiro atoms. The van der Waals surface area contributed by atoms with Crippen molar-refractivity contribution in [2.24, 2.45) is 0 Å². The molecule has 0 saturated carbocycles. The van der Waals surface area contributed by atoms with Crippen LogP contribution in [0.5, 0.6) is 0 Å². The summed E-state index contributed by atoms with van der Waals surface area (Å²) in [5.41, 5.74) is 1.37. The summed E-state index contributed by atoms with van der Waals surface area (Å²) < 4.78 is 0. The molecule has 0 aliphatic carbocycles. The van der Waals surface area contributed by atoms with Crippen LogP contribution < -0.4 is 5.32 Å². The lowest BCUT2D eigenvalue weighted by atomic mass is 9.81. The highest BCUT2D eigenvalue weighted by Crippen LogP contribution is 2.33. The van der Waals surface area contributed by atoms with Crippen LogP contribution in [-0.4, -0.2) is 41.6 Å². The van der Waals surface area contributed by atoms with Gasteiger partial charge in [0.05, 0.1) is 0 Å². The Morgan fingerprint density at radius 3 is 2.74 bits per heavy atom. The van der Waals surface area contributed by atoms with E-state index in [2.05, 4.69) is 28.3 Å². The summed E-state index contributed by atoms with van der Waals surface area (Å²) >= 11 is 0. The van der Waals surface area contributed by atoms with Gasteiger partial charge in [-0.1, -0.05) is 12.5 Å². The average molecular weight is 259 g/mol. The summed E-state index contributed by atoms with van der Waals surface area (Å²) in [5, 5.41) is 3.49. The number of hydrogen-bond donors (Lipinski definition) is 1. The van der Waals surface area contributed by atoms with Gasteiger partial charge in [-0.3, -0.25) is 9.88 Å². The second-order valence-electron chi connectivity index (χ2n) is 6.04. The number of nitrogens with zero attached hydrogens (tertiary/aromatic N) is 2. The van der Waals surface area contributed by atoms with E-state index in [0.29, 0.717) is 0 Å². The molecule has 2 unspecified atom stereocenters. The molecule has 0 aromatic carbocycles. The van der Waals surface area contributed by atoms with Crippen LogP contribution in [0.4, 0.5) is 0 Å². The minimum absolute atomic E-state index is 0.741. The van der Waals surface area contributed by atoms with Crippen LogP contribution in [0.3, 0.4) is 0 Å². The molecule has 2 bridgehead atoms. The molecular weight excluding hydrogens is 234 g/mol. The SMILES string of the molecule is CNC1CC2CCCC(C1)N2CCc1cccnc1. The Morgan fingerprint density at radius 2 is 2.11 bits per heavy atom. The van der Waals surface area contributed by atoms with E-state index in [0.717, 1.165) is 24.5 Å². The fraction of sp³-hybridized carbons (Fsp3) is 0.688. The maximum Gasteiger partial charge on any atom is 0.0300 e. The van der Waals surface area contributed by atoms with Gasteiger partial charge in [-0.2, -0.15) is 0 Å². The summed E-state index contributed by atoms with van der Waals surface area (Å²) in [6.45, 7) is 1.21. The van der Waals surface area contributed by atoms with Crippen molar-refractivity contribution < 1.29 is 0 Å². The Balaban J connectivity index is 1.61. The van der Waals surface area contributed by atoms with Crippen molar-refractivity contribution in [2.75, 3.05) is 13.6 Å².